The predicted molar refractivity (Wildman–Crippen MR) is 77.3 cm³/mol. The van der Waals surface area contributed by atoms with Crippen molar-refractivity contribution in [3.05, 3.63) is 24.4 Å². The average molecular weight is 256 g/mol. The molecule has 0 saturated carbocycles. The van der Waals surface area contributed by atoms with Gasteiger partial charge in [-0.15, -0.1) is 0 Å². The predicted octanol–water partition coefficient (Wildman–Crippen LogP) is 2.60. The molecule has 2 aliphatic heterocycles. The van der Waals surface area contributed by atoms with Gasteiger partial charge in [0.25, 0.3) is 0 Å². The monoisotopic (exact) mass is 256 g/mol. The molecule has 1 aromatic carbocycles. The van der Waals surface area contributed by atoms with E-state index in [1.165, 1.54) is 36.8 Å². The zero-order valence-corrected chi connectivity index (χ0v) is 11.3. The maximum atomic E-state index is 4.07. The first-order valence-electron chi connectivity index (χ1n) is 7.21. The highest BCUT2D eigenvalue weighted by molar-refractivity contribution is 5.81. The molecule has 2 bridgehead atoms. The van der Waals surface area contributed by atoms with Crippen molar-refractivity contribution >= 4 is 16.6 Å². The summed E-state index contributed by atoms with van der Waals surface area (Å²) in [4.78, 5) is 2.58. The van der Waals surface area contributed by atoms with E-state index in [2.05, 4.69) is 45.7 Å². The molecule has 2 aliphatic rings. The Hall–Kier alpha value is -1.55. The third-order valence-electron chi connectivity index (χ3n) is 4.91. The van der Waals surface area contributed by atoms with E-state index >= 15 is 0 Å². The number of rotatable bonds is 2. The molecule has 0 amide bonds. The van der Waals surface area contributed by atoms with E-state index in [0.717, 1.165) is 17.6 Å². The lowest BCUT2D eigenvalue weighted by atomic mass is 9.97. The number of aromatic amines is 1. The molecule has 2 atom stereocenters. The summed E-state index contributed by atoms with van der Waals surface area (Å²) in [5.41, 5.74) is 2.33. The van der Waals surface area contributed by atoms with Crippen molar-refractivity contribution in [3.63, 3.8) is 0 Å². The van der Waals surface area contributed by atoms with E-state index in [1.54, 1.807) is 0 Å². The van der Waals surface area contributed by atoms with Gasteiger partial charge in [-0.1, -0.05) is 0 Å². The Labute approximate surface area is 113 Å². The van der Waals surface area contributed by atoms with Gasteiger partial charge in [-0.25, -0.2) is 0 Å². The summed E-state index contributed by atoms with van der Waals surface area (Å²) in [5, 5.41) is 12.0. The van der Waals surface area contributed by atoms with E-state index in [1.807, 2.05) is 6.20 Å². The van der Waals surface area contributed by atoms with E-state index in [0.29, 0.717) is 6.04 Å². The van der Waals surface area contributed by atoms with Crippen LogP contribution in [-0.4, -0.2) is 40.3 Å². The quantitative estimate of drug-likeness (QED) is 0.868. The molecule has 0 aliphatic carbocycles. The second kappa shape index (κ2) is 4.23. The minimum absolute atomic E-state index is 0.623. The van der Waals surface area contributed by atoms with Gasteiger partial charge in [0.05, 0.1) is 11.7 Å². The maximum absolute atomic E-state index is 4.07. The van der Waals surface area contributed by atoms with Crippen molar-refractivity contribution in [2.24, 2.45) is 0 Å². The molecule has 2 fully saturated rings. The Morgan fingerprint density at radius 2 is 2.05 bits per heavy atom. The van der Waals surface area contributed by atoms with Crippen LogP contribution in [0.5, 0.6) is 0 Å². The van der Waals surface area contributed by atoms with Gasteiger partial charge >= 0.3 is 0 Å². The molecular weight excluding hydrogens is 236 g/mol. The molecule has 2 unspecified atom stereocenters. The molecule has 3 heterocycles. The Kier molecular flexibility index (Phi) is 2.52. The van der Waals surface area contributed by atoms with Crippen molar-refractivity contribution in [2.75, 3.05) is 12.4 Å². The smallest absolute Gasteiger partial charge is 0.0651 e. The summed E-state index contributed by atoms with van der Waals surface area (Å²) in [5.74, 6) is 0. The Bertz CT molecular complexity index is 577. The van der Waals surface area contributed by atoms with Gasteiger partial charge in [0, 0.05) is 29.2 Å². The lowest BCUT2D eigenvalue weighted by molar-refractivity contribution is 0.169. The maximum Gasteiger partial charge on any atom is 0.0651 e. The summed E-state index contributed by atoms with van der Waals surface area (Å²) in [6, 6.07) is 8.65. The largest absolute Gasteiger partial charge is 0.382 e. The number of anilines is 1. The zero-order chi connectivity index (χ0) is 12.8. The normalized spacial score (nSPS) is 30.9. The Morgan fingerprint density at radius 1 is 1.26 bits per heavy atom. The number of piperidine rings is 1. The second-order valence-corrected chi connectivity index (χ2v) is 6.04. The topological polar surface area (TPSA) is 44.0 Å². The number of hydrogen-bond acceptors (Lipinski definition) is 3. The van der Waals surface area contributed by atoms with Gasteiger partial charge in [-0.05, 0) is 50.9 Å². The second-order valence-electron chi connectivity index (χ2n) is 6.04. The minimum Gasteiger partial charge on any atom is -0.382 e. The number of nitrogens with zero attached hydrogens (tertiary/aromatic N) is 2. The van der Waals surface area contributed by atoms with Crippen LogP contribution >= 0.6 is 0 Å². The van der Waals surface area contributed by atoms with E-state index in [-0.39, 0.29) is 0 Å². The average Bonchev–Trinajstić information content (AvgIpc) is 2.92. The Morgan fingerprint density at radius 3 is 2.84 bits per heavy atom. The van der Waals surface area contributed by atoms with Crippen molar-refractivity contribution in [3.8, 4) is 0 Å². The summed E-state index contributed by atoms with van der Waals surface area (Å²) in [6.45, 7) is 0. The van der Waals surface area contributed by atoms with E-state index < -0.39 is 0 Å². The molecule has 2 saturated heterocycles. The summed E-state index contributed by atoms with van der Waals surface area (Å²) >= 11 is 0. The lowest BCUT2D eigenvalue weighted by Gasteiger charge is -2.37. The molecule has 0 spiro atoms. The first-order valence-corrected chi connectivity index (χ1v) is 7.21. The third kappa shape index (κ3) is 1.91. The number of fused-ring (bicyclic) bond motifs is 3. The molecule has 100 valence electrons. The molecule has 2 N–H and O–H groups in total. The first kappa shape index (κ1) is 11.3. The van der Waals surface area contributed by atoms with Crippen LogP contribution in [0.2, 0.25) is 0 Å². The van der Waals surface area contributed by atoms with Gasteiger partial charge in [0.2, 0.25) is 0 Å². The summed E-state index contributed by atoms with van der Waals surface area (Å²) in [7, 11) is 2.29. The minimum atomic E-state index is 0.623. The standard InChI is InChI=1S/C15H20N4/c1-19-13-3-4-14(19)8-12(7-13)17-11-2-5-15-10(6-11)9-16-18-15/h2,5-6,9,12-14,17H,3-4,7-8H2,1H3,(H,16,18). The number of benzene rings is 1. The number of aromatic nitrogens is 2. The SMILES string of the molecule is CN1C2CCC1CC(Nc1ccc3[nH]ncc3c1)C2. The van der Waals surface area contributed by atoms with Gasteiger partial charge in [-0.3, -0.25) is 5.10 Å². The van der Waals surface area contributed by atoms with Crippen LogP contribution in [0.15, 0.2) is 24.4 Å². The molecule has 2 aromatic rings. The van der Waals surface area contributed by atoms with Crippen LogP contribution in [0.4, 0.5) is 5.69 Å². The highest BCUT2D eigenvalue weighted by atomic mass is 15.2. The Balaban J connectivity index is 1.52. The fourth-order valence-corrected chi connectivity index (χ4v) is 3.80. The molecule has 4 nitrogen and oxygen atoms in total. The summed E-state index contributed by atoms with van der Waals surface area (Å²) < 4.78 is 0. The van der Waals surface area contributed by atoms with Gasteiger partial charge in [0.15, 0.2) is 0 Å². The first-order chi connectivity index (χ1) is 9.29. The van der Waals surface area contributed by atoms with Crippen LogP contribution in [-0.2, 0) is 0 Å². The molecule has 1 aromatic heterocycles. The highest BCUT2D eigenvalue weighted by Gasteiger charge is 2.38. The van der Waals surface area contributed by atoms with Gasteiger partial charge in [0.1, 0.15) is 0 Å². The van der Waals surface area contributed by atoms with Crippen molar-refractivity contribution in [1.29, 1.82) is 0 Å². The van der Waals surface area contributed by atoms with Gasteiger partial charge < -0.3 is 10.2 Å². The third-order valence-corrected chi connectivity index (χ3v) is 4.91. The highest BCUT2D eigenvalue weighted by Crippen LogP contribution is 2.35. The number of H-pyrrole nitrogens is 1. The molecule has 4 rings (SSSR count). The molecule has 19 heavy (non-hydrogen) atoms. The summed E-state index contributed by atoms with van der Waals surface area (Å²) in [6.07, 6.45) is 7.19. The van der Waals surface area contributed by atoms with E-state index in [4.69, 9.17) is 0 Å². The van der Waals surface area contributed by atoms with Crippen molar-refractivity contribution in [2.45, 2.75) is 43.8 Å². The fourth-order valence-electron chi connectivity index (χ4n) is 3.80. The van der Waals surface area contributed by atoms with Crippen LogP contribution in [0.25, 0.3) is 10.9 Å². The molecule has 4 heteroatoms. The zero-order valence-electron chi connectivity index (χ0n) is 11.3. The van der Waals surface area contributed by atoms with Gasteiger partial charge in [-0.2, -0.15) is 5.10 Å². The van der Waals surface area contributed by atoms with Crippen LogP contribution < -0.4 is 5.32 Å². The lowest BCUT2D eigenvalue weighted by Crippen LogP contribution is -2.44. The fraction of sp³-hybridized carbons (Fsp3) is 0.533. The van der Waals surface area contributed by atoms with Crippen LogP contribution in [0.3, 0.4) is 0 Å². The number of nitrogens with one attached hydrogen (secondary N) is 2. The molecule has 0 radical (unpaired) electrons. The van der Waals surface area contributed by atoms with Crippen LogP contribution in [0, 0.1) is 0 Å². The van der Waals surface area contributed by atoms with E-state index in [9.17, 15) is 0 Å². The number of hydrogen-bond donors (Lipinski definition) is 2. The van der Waals surface area contributed by atoms with Crippen molar-refractivity contribution < 1.29 is 0 Å². The van der Waals surface area contributed by atoms with Crippen LogP contribution in [0.1, 0.15) is 25.7 Å². The van der Waals surface area contributed by atoms with Crippen molar-refractivity contribution in [1.82, 2.24) is 15.1 Å². The molecular formula is C15H20N4.